The number of nitrogens with zero attached hydrogens (tertiary/aromatic N) is 2. The van der Waals surface area contributed by atoms with Crippen LogP contribution in [0.5, 0.6) is 0 Å². The van der Waals surface area contributed by atoms with Crippen LogP contribution in [-0.2, 0) is 14.3 Å². The molecule has 1 aliphatic heterocycles. The highest BCUT2D eigenvalue weighted by Gasteiger charge is 2.17. The van der Waals surface area contributed by atoms with Crippen LogP contribution < -0.4 is 10.6 Å². The molecule has 8 heteroatoms. The number of rotatable bonds is 8. The molecular weight excluding hydrogens is 435 g/mol. The maximum absolute atomic E-state index is 12.0. The number of amides is 1. The number of carbonyl (C=O) groups excluding carboxylic acids is 1. The fraction of sp³-hybridized carbons (Fsp3) is 0.882. The predicted octanol–water partition coefficient (Wildman–Crippen LogP) is 1.61. The quantitative estimate of drug-likeness (QED) is 0.244. The predicted molar refractivity (Wildman–Crippen MR) is 112 cm³/mol. The SMILES string of the molecule is CCNC(=NCCOCC1CCCO1)N(C)CC(=O)NC(C)(C)C.I. The first-order valence-corrected chi connectivity index (χ1v) is 8.81. The molecule has 1 saturated heterocycles. The molecule has 1 amide bonds. The van der Waals surface area contributed by atoms with Crippen LogP contribution in [-0.4, -0.2) is 74.9 Å². The Morgan fingerprint density at radius 1 is 1.40 bits per heavy atom. The fourth-order valence-corrected chi connectivity index (χ4v) is 2.42. The van der Waals surface area contributed by atoms with Crippen LogP contribution in [0.4, 0.5) is 0 Å². The van der Waals surface area contributed by atoms with E-state index in [0.717, 1.165) is 26.0 Å². The molecule has 7 nitrogen and oxygen atoms in total. The standard InChI is InChI=1S/C17H34N4O3.HI/c1-6-18-16(21(5)12-15(22)20-17(2,3)4)19-9-11-23-13-14-8-7-10-24-14;/h14H,6-13H2,1-5H3,(H,18,19)(H,20,22);1H. The minimum absolute atomic E-state index is 0. The second-order valence-electron chi connectivity index (χ2n) is 7.10. The molecule has 0 radical (unpaired) electrons. The van der Waals surface area contributed by atoms with Crippen LogP contribution in [0.15, 0.2) is 4.99 Å². The summed E-state index contributed by atoms with van der Waals surface area (Å²) in [5.41, 5.74) is -0.233. The molecule has 0 saturated carbocycles. The van der Waals surface area contributed by atoms with E-state index in [0.29, 0.717) is 25.7 Å². The van der Waals surface area contributed by atoms with Crippen molar-refractivity contribution in [1.29, 1.82) is 0 Å². The highest BCUT2D eigenvalue weighted by Crippen LogP contribution is 2.11. The second-order valence-corrected chi connectivity index (χ2v) is 7.10. The Morgan fingerprint density at radius 2 is 2.12 bits per heavy atom. The van der Waals surface area contributed by atoms with Gasteiger partial charge in [0.15, 0.2) is 5.96 Å². The summed E-state index contributed by atoms with van der Waals surface area (Å²) < 4.78 is 11.1. The normalized spacial score (nSPS) is 17.8. The minimum Gasteiger partial charge on any atom is -0.377 e. The minimum atomic E-state index is -0.233. The number of ether oxygens (including phenoxy) is 2. The van der Waals surface area contributed by atoms with E-state index in [1.54, 1.807) is 0 Å². The van der Waals surface area contributed by atoms with E-state index in [4.69, 9.17) is 9.47 Å². The van der Waals surface area contributed by atoms with Crippen LogP contribution in [0.2, 0.25) is 0 Å². The lowest BCUT2D eigenvalue weighted by molar-refractivity contribution is -0.122. The summed E-state index contributed by atoms with van der Waals surface area (Å²) in [6, 6.07) is 0. The van der Waals surface area contributed by atoms with Gasteiger partial charge in [0.05, 0.1) is 32.4 Å². The van der Waals surface area contributed by atoms with Gasteiger partial charge in [-0.05, 0) is 40.5 Å². The topological polar surface area (TPSA) is 75.2 Å². The molecule has 1 heterocycles. The molecule has 2 N–H and O–H groups in total. The zero-order valence-electron chi connectivity index (χ0n) is 16.3. The van der Waals surface area contributed by atoms with Crippen molar-refractivity contribution in [3.8, 4) is 0 Å². The van der Waals surface area contributed by atoms with E-state index < -0.39 is 0 Å². The van der Waals surface area contributed by atoms with E-state index >= 15 is 0 Å². The molecule has 0 aromatic carbocycles. The first-order valence-electron chi connectivity index (χ1n) is 8.81. The largest absolute Gasteiger partial charge is 0.377 e. The van der Waals surface area contributed by atoms with Crippen LogP contribution in [0.1, 0.15) is 40.5 Å². The third-order valence-corrected chi connectivity index (χ3v) is 3.42. The van der Waals surface area contributed by atoms with Gasteiger partial charge in [0, 0.05) is 25.7 Å². The molecule has 0 bridgehead atoms. The van der Waals surface area contributed by atoms with Gasteiger partial charge in [0.2, 0.25) is 5.91 Å². The Balaban J connectivity index is 0.00000576. The first kappa shape index (κ1) is 24.4. The van der Waals surface area contributed by atoms with Gasteiger partial charge in [-0.15, -0.1) is 24.0 Å². The smallest absolute Gasteiger partial charge is 0.240 e. The van der Waals surface area contributed by atoms with Crippen molar-refractivity contribution in [2.75, 3.05) is 46.5 Å². The summed E-state index contributed by atoms with van der Waals surface area (Å²) in [4.78, 5) is 18.4. The molecule has 1 rings (SSSR count). The molecular formula is C17H35IN4O3. The van der Waals surface area contributed by atoms with Gasteiger partial charge >= 0.3 is 0 Å². The second kappa shape index (κ2) is 12.7. The van der Waals surface area contributed by atoms with E-state index in [-0.39, 0.29) is 48.1 Å². The van der Waals surface area contributed by atoms with Crippen LogP contribution in [0, 0.1) is 0 Å². The summed E-state index contributed by atoms with van der Waals surface area (Å²) in [6.07, 6.45) is 2.45. The fourth-order valence-electron chi connectivity index (χ4n) is 2.42. The van der Waals surface area contributed by atoms with Crippen molar-refractivity contribution in [2.24, 2.45) is 4.99 Å². The molecule has 1 aliphatic rings. The molecule has 0 aromatic heterocycles. The van der Waals surface area contributed by atoms with Crippen LogP contribution in [0.3, 0.4) is 0 Å². The summed E-state index contributed by atoms with van der Waals surface area (Å²) in [6.45, 7) is 11.5. The van der Waals surface area contributed by atoms with Crippen molar-refractivity contribution >= 4 is 35.8 Å². The van der Waals surface area contributed by atoms with E-state index in [1.807, 2.05) is 39.6 Å². The van der Waals surface area contributed by atoms with E-state index in [1.165, 1.54) is 0 Å². The van der Waals surface area contributed by atoms with Crippen molar-refractivity contribution in [1.82, 2.24) is 15.5 Å². The van der Waals surface area contributed by atoms with Gasteiger partial charge < -0.3 is 25.0 Å². The zero-order valence-corrected chi connectivity index (χ0v) is 18.6. The highest BCUT2D eigenvalue weighted by atomic mass is 127. The Hall–Kier alpha value is -0.610. The number of aliphatic imine (C=N–C) groups is 1. The Bertz CT molecular complexity index is 407. The summed E-state index contributed by atoms with van der Waals surface area (Å²) >= 11 is 0. The lowest BCUT2D eigenvalue weighted by Gasteiger charge is -2.25. The van der Waals surface area contributed by atoms with Crippen molar-refractivity contribution in [3.05, 3.63) is 0 Å². The lowest BCUT2D eigenvalue weighted by Crippen LogP contribution is -2.48. The Morgan fingerprint density at radius 3 is 2.68 bits per heavy atom. The van der Waals surface area contributed by atoms with Gasteiger partial charge in [-0.25, -0.2) is 0 Å². The van der Waals surface area contributed by atoms with E-state index in [9.17, 15) is 4.79 Å². The molecule has 0 aliphatic carbocycles. The summed E-state index contributed by atoms with van der Waals surface area (Å²) in [5, 5.41) is 6.15. The molecule has 25 heavy (non-hydrogen) atoms. The maximum atomic E-state index is 12.0. The number of nitrogens with one attached hydrogen (secondary N) is 2. The third kappa shape index (κ3) is 11.6. The molecule has 0 aromatic rings. The maximum Gasteiger partial charge on any atom is 0.240 e. The number of carbonyl (C=O) groups is 1. The molecule has 148 valence electrons. The van der Waals surface area contributed by atoms with Gasteiger partial charge in [0.25, 0.3) is 0 Å². The zero-order chi connectivity index (χ0) is 18.0. The average molecular weight is 470 g/mol. The Labute approximate surface area is 169 Å². The van der Waals surface area contributed by atoms with Gasteiger partial charge in [-0.3, -0.25) is 9.79 Å². The van der Waals surface area contributed by atoms with Gasteiger partial charge in [-0.1, -0.05) is 0 Å². The van der Waals surface area contributed by atoms with E-state index in [2.05, 4.69) is 15.6 Å². The summed E-state index contributed by atoms with van der Waals surface area (Å²) in [7, 11) is 1.86. The van der Waals surface area contributed by atoms with Crippen molar-refractivity contribution < 1.29 is 14.3 Å². The Kier molecular flexibility index (Phi) is 12.4. The number of hydrogen-bond donors (Lipinski definition) is 2. The third-order valence-electron chi connectivity index (χ3n) is 3.42. The highest BCUT2D eigenvalue weighted by molar-refractivity contribution is 14.0. The number of guanidine groups is 1. The molecule has 1 atom stereocenters. The molecule has 1 unspecified atom stereocenters. The monoisotopic (exact) mass is 470 g/mol. The van der Waals surface area contributed by atoms with Crippen molar-refractivity contribution in [3.63, 3.8) is 0 Å². The van der Waals surface area contributed by atoms with Crippen LogP contribution >= 0.6 is 24.0 Å². The first-order chi connectivity index (χ1) is 11.3. The van der Waals surface area contributed by atoms with Crippen molar-refractivity contribution in [2.45, 2.75) is 52.2 Å². The molecule has 1 fully saturated rings. The average Bonchev–Trinajstić information content (AvgIpc) is 2.96. The van der Waals surface area contributed by atoms with Gasteiger partial charge in [-0.2, -0.15) is 0 Å². The summed E-state index contributed by atoms with van der Waals surface area (Å²) in [5.74, 6) is 0.688. The lowest BCUT2D eigenvalue weighted by atomic mass is 10.1. The number of halogens is 1. The number of likely N-dealkylation sites (N-methyl/N-ethyl adjacent to an activating group) is 1. The molecule has 0 spiro atoms. The van der Waals surface area contributed by atoms with Crippen LogP contribution in [0.25, 0.3) is 0 Å². The number of hydrogen-bond acceptors (Lipinski definition) is 4. The van der Waals surface area contributed by atoms with Gasteiger partial charge in [0.1, 0.15) is 0 Å².